The van der Waals surface area contributed by atoms with Gasteiger partial charge in [-0.15, -0.1) is 0 Å². The topological polar surface area (TPSA) is 84.7 Å². The van der Waals surface area contributed by atoms with Crippen LogP contribution in [0.5, 0.6) is 0 Å². The van der Waals surface area contributed by atoms with E-state index in [0.717, 1.165) is 12.1 Å². The number of ether oxygens (including phenoxy) is 1. The molecule has 0 unspecified atom stereocenters. The summed E-state index contributed by atoms with van der Waals surface area (Å²) in [4.78, 5) is 3.85. The number of halogens is 2. The molecule has 0 spiro atoms. The zero-order valence-corrected chi connectivity index (χ0v) is 19.2. The van der Waals surface area contributed by atoms with Gasteiger partial charge in [0.05, 0.1) is 31.5 Å². The largest absolute Gasteiger partial charge is 0.447 e. The van der Waals surface area contributed by atoms with Crippen molar-refractivity contribution in [2.24, 2.45) is 0 Å². The van der Waals surface area contributed by atoms with Crippen molar-refractivity contribution in [2.45, 2.75) is 36.7 Å². The zero-order chi connectivity index (χ0) is 23.8. The predicted molar refractivity (Wildman–Crippen MR) is 120 cm³/mol. The van der Waals surface area contributed by atoms with Gasteiger partial charge in [-0.25, -0.2) is 22.2 Å². The molecule has 1 N–H and O–H groups in total. The summed E-state index contributed by atoms with van der Waals surface area (Å²) in [5.74, 6) is -0.702. The van der Waals surface area contributed by atoms with Crippen LogP contribution < -0.4 is 5.32 Å². The van der Waals surface area contributed by atoms with Crippen molar-refractivity contribution in [2.75, 3.05) is 19.8 Å². The second kappa shape index (κ2) is 9.18. The maximum absolute atomic E-state index is 15.2. The average molecular weight is 490 g/mol. The SMILES string of the molecule is O=S1(=O)[C@@H](c2ccccc2)CCCN1Cc1cc(F)c(C2(NCc3cnco3)COC2)cc1F. The molecule has 7 nitrogen and oxygen atoms in total. The molecule has 1 atom stereocenters. The van der Waals surface area contributed by atoms with Crippen molar-refractivity contribution in [1.29, 1.82) is 0 Å². The van der Waals surface area contributed by atoms with E-state index in [1.807, 2.05) is 6.07 Å². The Hall–Kier alpha value is -2.66. The van der Waals surface area contributed by atoms with E-state index in [1.54, 1.807) is 30.5 Å². The van der Waals surface area contributed by atoms with Crippen LogP contribution in [0.3, 0.4) is 0 Å². The maximum atomic E-state index is 15.2. The molecule has 3 heterocycles. The minimum absolute atomic E-state index is 0.00385. The number of benzene rings is 2. The Balaban J connectivity index is 1.37. The van der Waals surface area contributed by atoms with Gasteiger partial charge in [-0.2, -0.15) is 4.31 Å². The Labute approximate surface area is 196 Å². The molecule has 2 aliphatic rings. The molecule has 0 aliphatic carbocycles. The first kappa shape index (κ1) is 23.1. The van der Waals surface area contributed by atoms with Gasteiger partial charge in [0.25, 0.3) is 0 Å². The molecule has 0 radical (unpaired) electrons. The van der Waals surface area contributed by atoms with E-state index in [9.17, 15) is 8.42 Å². The molecule has 1 aromatic heterocycles. The molecule has 34 heavy (non-hydrogen) atoms. The molecule has 2 saturated heterocycles. The molecule has 3 aromatic rings. The van der Waals surface area contributed by atoms with Crippen LogP contribution in [0.25, 0.3) is 0 Å². The Kier molecular flexibility index (Phi) is 6.24. The van der Waals surface area contributed by atoms with E-state index in [0.29, 0.717) is 24.2 Å². The summed E-state index contributed by atoms with van der Waals surface area (Å²) in [6.45, 7) is 0.681. The molecular weight excluding hydrogens is 464 g/mol. The summed E-state index contributed by atoms with van der Waals surface area (Å²) in [6.07, 6.45) is 3.99. The van der Waals surface area contributed by atoms with Gasteiger partial charge in [-0.05, 0) is 30.5 Å². The Morgan fingerprint density at radius 2 is 1.94 bits per heavy atom. The van der Waals surface area contributed by atoms with Crippen molar-refractivity contribution in [3.8, 4) is 0 Å². The first-order valence-electron chi connectivity index (χ1n) is 11.1. The lowest BCUT2D eigenvalue weighted by Crippen LogP contribution is -2.57. The van der Waals surface area contributed by atoms with Gasteiger partial charge >= 0.3 is 0 Å². The van der Waals surface area contributed by atoms with Crippen LogP contribution >= 0.6 is 0 Å². The van der Waals surface area contributed by atoms with Crippen molar-refractivity contribution in [1.82, 2.24) is 14.6 Å². The van der Waals surface area contributed by atoms with Crippen LogP contribution in [0.4, 0.5) is 8.78 Å². The van der Waals surface area contributed by atoms with Gasteiger partial charge in [0.15, 0.2) is 6.39 Å². The molecule has 2 aromatic carbocycles. The predicted octanol–water partition coefficient (Wildman–Crippen LogP) is 3.64. The van der Waals surface area contributed by atoms with E-state index in [1.165, 1.54) is 10.7 Å². The smallest absolute Gasteiger partial charge is 0.221 e. The number of nitrogens with one attached hydrogen (secondary N) is 1. The highest BCUT2D eigenvalue weighted by Crippen LogP contribution is 2.37. The summed E-state index contributed by atoms with van der Waals surface area (Å²) in [5.41, 5.74) is -0.0439. The van der Waals surface area contributed by atoms with Gasteiger partial charge in [0.1, 0.15) is 22.6 Å². The third kappa shape index (κ3) is 4.26. The lowest BCUT2D eigenvalue weighted by atomic mass is 9.86. The van der Waals surface area contributed by atoms with E-state index in [-0.39, 0.29) is 44.0 Å². The number of oxazole rings is 1. The van der Waals surface area contributed by atoms with Crippen LogP contribution in [0.15, 0.2) is 59.5 Å². The number of aromatic nitrogens is 1. The van der Waals surface area contributed by atoms with Gasteiger partial charge in [-0.1, -0.05) is 30.3 Å². The average Bonchev–Trinajstić information content (AvgIpc) is 3.31. The van der Waals surface area contributed by atoms with Gasteiger partial charge in [-0.3, -0.25) is 5.32 Å². The Bertz CT molecular complexity index is 1250. The fourth-order valence-corrected chi connectivity index (χ4v) is 6.62. The quantitative estimate of drug-likeness (QED) is 0.546. The third-order valence-corrected chi connectivity index (χ3v) is 8.80. The van der Waals surface area contributed by atoms with Crippen molar-refractivity contribution in [3.05, 3.63) is 89.1 Å². The molecule has 0 amide bonds. The molecule has 0 saturated carbocycles. The van der Waals surface area contributed by atoms with Gasteiger partial charge in [0.2, 0.25) is 10.0 Å². The number of sulfonamides is 1. The minimum Gasteiger partial charge on any atom is -0.447 e. The first-order chi connectivity index (χ1) is 16.4. The number of nitrogens with zero attached hydrogens (tertiary/aromatic N) is 2. The van der Waals surface area contributed by atoms with E-state index >= 15 is 8.78 Å². The summed E-state index contributed by atoms with van der Waals surface area (Å²) in [5, 5.41) is 2.50. The second-order valence-electron chi connectivity index (χ2n) is 8.74. The number of rotatable bonds is 7. The minimum atomic E-state index is -3.72. The second-order valence-corrected chi connectivity index (χ2v) is 10.9. The first-order valence-corrected chi connectivity index (χ1v) is 12.6. The van der Waals surface area contributed by atoms with E-state index in [4.69, 9.17) is 9.15 Å². The number of hydrogen-bond acceptors (Lipinski definition) is 6. The van der Waals surface area contributed by atoms with Crippen LogP contribution in [0, 0.1) is 11.6 Å². The Morgan fingerprint density at radius 1 is 1.15 bits per heavy atom. The van der Waals surface area contributed by atoms with Crippen LogP contribution in [0.2, 0.25) is 0 Å². The molecule has 5 rings (SSSR count). The molecule has 2 fully saturated rings. The van der Waals surface area contributed by atoms with Gasteiger partial charge < -0.3 is 9.15 Å². The normalized spacial score (nSPS) is 21.8. The lowest BCUT2D eigenvalue weighted by molar-refractivity contribution is -0.0819. The van der Waals surface area contributed by atoms with Crippen molar-refractivity contribution >= 4 is 10.0 Å². The summed E-state index contributed by atoms with van der Waals surface area (Å²) in [7, 11) is -3.72. The molecule has 180 valence electrons. The molecule has 10 heteroatoms. The van der Waals surface area contributed by atoms with Crippen molar-refractivity contribution < 1.29 is 26.4 Å². The highest BCUT2D eigenvalue weighted by Gasteiger charge is 2.43. The monoisotopic (exact) mass is 489 g/mol. The van der Waals surface area contributed by atoms with Crippen LogP contribution in [-0.2, 0) is 33.4 Å². The maximum Gasteiger partial charge on any atom is 0.221 e. The highest BCUT2D eigenvalue weighted by molar-refractivity contribution is 7.89. The third-order valence-electron chi connectivity index (χ3n) is 6.54. The standard InChI is InChI=1S/C24H25F2N3O4S/c25-21-10-20(24(14-32-15-24)28-12-19-11-27-16-33-19)22(26)9-18(21)13-29-8-4-7-23(34(29,30)31)17-5-2-1-3-6-17/h1-3,5-6,9-11,16,23,28H,4,7-8,12-15H2/t23-/m1/s1. The molecule has 0 bridgehead atoms. The fraction of sp³-hybridized carbons (Fsp3) is 0.375. The zero-order valence-electron chi connectivity index (χ0n) is 18.4. The lowest BCUT2D eigenvalue weighted by Gasteiger charge is -2.42. The summed E-state index contributed by atoms with van der Waals surface area (Å²) < 4.78 is 68.7. The summed E-state index contributed by atoms with van der Waals surface area (Å²) in [6, 6.07) is 11.2. The highest BCUT2D eigenvalue weighted by atomic mass is 32.2. The van der Waals surface area contributed by atoms with E-state index < -0.39 is 32.4 Å². The van der Waals surface area contributed by atoms with Crippen molar-refractivity contribution in [3.63, 3.8) is 0 Å². The fourth-order valence-electron chi connectivity index (χ4n) is 4.60. The Morgan fingerprint density at radius 3 is 2.62 bits per heavy atom. The molecule has 2 aliphatic heterocycles. The summed E-state index contributed by atoms with van der Waals surface area (Å²) >= 11 is 0. The van der Waals surface area contributed by atoms with E-state index in [2.05, 4.69) is 10.3 Å². The molecular formula is C24H25F2N3O4S. The number of hydrogen-bond donors (Lipinski definition) is 1. The van der Waals surface area contributed by atoms with Crippen LogP contribution in [0.1, 0.15) is 40.5 Å². The van der Waals surface area contributed by atoms with Gasteiger partial charge in [0, 0.05) is 24.2 Å². The van der Waals surface area contributed by atoms with Crippen LogP contribution in [-0.4, -0.2) is 37.5 Å².